The molecule has 0 saturated carbocycles. The van der Waals surface area contributed by atoms with Gasteiger partial charge in [0.15, 0.2) is 0 Å². The number of aliphatic hydroxyl groups excluding tert-OH is 1. The van der Waals surface area contributed by atoms with Crippen molar-refractivity contribution in [3.8, 4) is 5.75 Å². The Balaban J connectivity index is 2.83. The van der Waals surface area contributed by atoms with Crippen molar-refractivity contribution in [3.63, 3.8) is 0 Å². The van der Waals surface area contributed by atoms with Crippen molar-refractivity contribution in [2.24, 2.45) is 5.90 Å². The van der Waals surface area contributed by atoms with Crippen molar-refractivity contribution >= 4 is 0 Å². The summed E-state index contributed by atoms with van der Waals surface area (Å²) in [5.74, 6) is 5.63. The molecule has 0 aliphatic rings. The van der Waals surface area contributed by atoms with E-state index in [1.807, 2.05) is 18.2 Å². The highest BCUT2D eigenvalue weighted by Gasteiger charge is 1.99. The van der Waals surface area contributed by atoms with Gasteiger partial charge in [-0.2, -0.15) is 5.90 Å². The Morgan fingerprint density at radius 3 is 2.73 bits per heavy atom. The molecule has 0 saturated heterocycles. The van der Waals surface area contributed by atoms with Crippen LogP contribution in [-0.2, 0) is 6.42 Å². The summed E-state index contributed by atoms with van der Waals surface area (Å²) >= 11 is 0. The van der Waals surface area contributed by atoms with Crippen LogP contribution in [0.1, 0.15) is 5.56 Å². The molecule has 0 radical (unpaired) electrons. The van der Waals surface area contributed by atoms with E-state index in [9.17, 15) is 0 Å². The summed E-state index contributed by atoms with van der Waals surface area (Å²) < 4.78 is 0. The van der Waals surface area contributed by atoms with Crippen LogP contribution in [0.25, 0.3) is 0 Å². The summed E-state index contributed by atoms with van der Waals surface area (Å²) in [6.07, 6.45) is 0.577. The van der Waals surface area contributed by atoms with Gasteiger partial charge in [0.05, 0.1) is 0 Å². The number of para-hydroxylation sites is 1. The van der Waals surface area contributed by atoms with E-state index in [2.05, 4.69) is 4.84 Å². The minimum Gasteiger partial charge on any atom is -0.411 e. The van der Waals surface area contributed by atoms with Crippen LogP contribution in [0.3, 0.4) is 0 Å². The van der Waals surface area contributed by atoms with E-state index in [1.165, 1.54) is 0 Å². The summed E-state index contributed by atoms with van der Waals surface area (Å²) in [7, 11) is 0. The predicted octanol–water partition coefficient (Wildman–Crippen LogP) is 0.474. The molecule has 1 aromatic carbocycles. The van der Waals surface area contributed by atoms with Crippen LogP contribution in [0.5, 0.6) is 5.75 Å². The zero-order chi connectivity index (χ0) is 8.10. The summed E-state index contributed by atoms with van der Waals surface area (Å²) in [5.41, 5.74) is 0.928. The number of benzene rings is 1. The predicted molar refractivity (Wildman–Crippen MR) is 42.0 cm³/mol. The summed E-state index contributed by atoms with van der Waals surface area (Å²) in [6, 6.07) is 7.36. The molecule has 0 bridgehead atoms. The first-order valence-corrected chi connectivity index (χ1v) is 3.44. The Hall–Kier alpha value is -1.06. The standard InChI is InChI=1S/C8H11NO2/c9-11-8-4-2-1-3-7(8)5-6-10/h1-4,10H,5-6,9H2. The molecule has 3 heteroatoms. The Bertz CT molecular complexity index is 225. The largest absolute Gasteiger partial charge is 0.411 e. The van der Waals surface area contributed by atoms with E-state index in [0.717, 1.165) is 5.56 Å². The van der Waals surface area contributed by atoms with E-state index in [0.29, 0.717) is 12.2 Å². The Labute approximate surface area is 65.4 Å². The van der Waals surface area contributed by atoms with Gasteiger partial charge in [-0.05, 0) is 18.1 Å². The zero-order valence-corrected chi connectivity index (χ0v) is 6.16. The van der Waals surface area contributed by atoms with Crippen LogP contribution in [0, 0.1) is 0 Å². The molecule has 0 fully saturated rings. The van der Waals surface area contributed by atoms with Gasteiger partial charge in [0.1, 0.15) is 5.75 Å². The maximum absolute atomic E-state index is 8.64. The van der Waals surface area contributed by atoms with Crippen LogP contribution in [0.15, 0.2) is 24.3 Å². The highest BCUT2D eigenvalue weighted by atomic mass is 16.6. The molecule has 0 aromatic heterocycles. The molecular formula is C8H11NO2. The van der Waals surface area contributed by atoms with Crippen molar-refractivity contribution in [1.29, 1.82) is 0 Å². The maximum Gasteiger partial charge on any atom is 0.150 e. The number of nitrogens with two attached hydrogens (primary N) is 1. The van der Waals surface area contributed by atoms with Gasteiger partial charge in [0, 0.05) is 6.61 Å². The van der Waals surface area contributed by atoms with Crippen molar-refractivity contribution in [3.05, 3.63) is 29.8 Å². The average Bonchev–Trinajstić information content (AvgIpc) is 2.06. The first-order chi connectivity index (χ1) is 5.38. The van der Waals surface area contributed by atoms with Crippen LogP contribution < -0.4 is 10.7 Å². The minimum atomic E-state index is 0.111. The Morgan fingerprint density at radius 1 is 1.36 bits per heavy atom. The highest BCUT2D eigenvalue weighted by molar-refractivity contribution is 5.32. The smallest absolute Gasteiger partial charge is 0.150 e. The van der Waals surface area contributed by atoms with E-state index in [1.54, 1.807) is 6.07 Å². The van der Waals surface area contributed by atoms with Crippen LogP contribution in [-0.4, -0.2) is 11.7 Å². The van der Waals surface area contributed by atoms with Crippen molar-refractivity contribution in [1.82, 2.24) is 0 Å². The lowest BCUT2D eigenvalue weighted by Crippen LogP contribution is -2.05. The Morgan fingerprint density at radius 2 is 2.09 bits per heavy atom. The second-order valence-electron chi connectivity index (χ2n) is 2.20. The van der Waals surface area contributed by atoms with Crippen LogP contribution >= 0.6 is 0 Å². The lowest BCUT2D eigenvalue weighted by molar-refractivity contribution is 0.291. The van der Waals surface area contributed by atoms with Crippen LogP contribution in [0.4, 0.5) is 0 Å². The molecule has 0 atom stereocenters. The fourth-order valence-corrected chi connectivity index (χ4v) is 0.946. The maximum atomic E-state index is 8.64. The monoisotopic (exact) mass is 153 g/mol. The minimum absolute atomic E-state index is 0.111. The van der Waals surface area contributed by atoms with Crippen LogP contribution in [0.2, 0.25) is 0 Å². The number of hydrogen-bond acceptors (Lipinski definition) is 3. The molecule has 1 aromatic rings. The fraction of sp³-hybridized carbons (Fsp3) is 0.250. The third kappa shape index (κ3) is 1.93. The molecule has 0 amide bonds. The SMILES string of the molecule is NOc1ccccc1CCO. The zero-order valence-electron chi connectivity index (χ0n) is 6.16. The van der Waals surface area contributed by atoms with Crippen molar-refractivity contribution in [2.45, 2.75) is 6.42 Å². The first kappa shape index (κ1) is 8.04. The van der Waals surface area contributed by atoms with Gasteiger partial charge in [0.2, 0.25) is 0 Å². The third-order valence-corrected chi connectivity index (χ3v) is 1.48. The van der Waals surface area contributed by atoms with E-state index in [4.69, 9.17) is 11.0 Å². The number of aliphatic hydroxyl groups is 1. The molecule has 0 spiro atoms. The van der Waals surface area contributed by atoms with Gasteiger partial charge in [-0.3, -0.25) is 0 Å². The molecule has 3 nitrogen and oxygen atoms in total. The number of hydrogen-bond donors (Lipinski definition) is 2. The van der Waals surface area contributed by atoms with E-state index >= 15 is 0 Å². The normalized spacial score (nSPS) is 9.64. The molecule has 0 heterocycles. The molecule has 0 aliphatic carbocycles. The summed E-state index contributed by atoms with van der Waals surface area (Å²) in [4.78, 5) is 4.59. The van der Waals surface area contributed by atoms with E-state index in [-0.39, 0.29) is 6.61 Å². The van der Waals surface area contributed by atoms with Gasteiger partial charge in [0.25, 0.3) is 0 Å². The second-order valence-corrected chi connectivity index (χ2v) is 2.20. The summed E-state index contributed by atoms with van der Waals surface area (Å²) in [5, 5.41) is 8.64. The van der Waals surface area contributed by atoms with Gasteiger partial charge in [-0.15, -0.1) is 0 Å². The van der Waals surface area contributed by atoms with Gasteiger partial charge < -0.3 is 9.94 Å². The van der Waals surface area contributed by atoms with E-state index < -0.39 is 0 Å². The molecular weight excluding hydrogens is 142 g/mol. The third-order valence-electron chi connectivity index (χ3n) is 1.48. The first-order valence-electron chi connectivity index (χ1n) is 3.44. The lowest BCUT2D eigenvalue weighted by atomic mass is 10.1. The summed E-state index contributed by atoms with van der Waals surface area (Å²) in [6.45, 7) is 0.111. The van der Waals surface area contributed by atoms with Gasteiger partial charge in [-0.25, -0.2) is 0 Å². The molecule has 0 aliphatic heterocycles. The fourth-order valence-electron chi connectivity index (χ4n) is 0.946. The number of rotatable bonds is 3. The highest BCUT2D eigenvalue weighted by Crippen LogP contribution is 2.16. The Kier molecular flexibility index (Phi) is 2.89. The second kappa shape index (κ2) is 3.95. The molecule has 60 valence electrons. The molecule has 11 heavy (non-hydrogen) atoms. The molecule has 1 rings (SSSR count). The van der Waals surface area contributed by atoms with Gasteiger partial charge >= 0.3 is 0 Å². The lowest BCUT2D eigenvalue weighted by Gasteiger charge is -2.04. The van der Waals surface area contributed by atoms with Crippen molar-refractivity contribution in [2.75, 3.05) is 6.61 Å². The van der Waals surface area contributed by atoms with Crippen molar-refractivity contribution < 1.29 is 9.94 Å². The molecule has 3 N–H and O–H groups in total. The topological polar surface area (TPSA) is 55.5 Å². The van der Waals surface area contributed by atoms with Gasteiger partial charge in [-0.1, -0.05) is 18.2 Å². The quantitative estimate of drug-likeness (QED) is 0.621. The molecule has 0 unspecified atom stereocenters. The average molecular weight is 153 g/mol.